The van der Waals surface area contributed by atoms with Crippen molar-refractivity contribution in [2.45, 2.75) is 55.9 Å². The Morgan fingerprint density at radius 2 is 1.58 bits per heavy atom. The normalized spacial score (nSPS) is 15.6. The van der Waals surface area contributed by atoms with Crippen LogP contribution in [0.4, 0.5) is 5.69 Å². The van der Waals surface area contributed by atoms with Crippen LogP contribution in [0.1, 0.15) is 62.1 Å². The minimum atomic E-state index is -3.93. The maximum atomic E-state index is 13.3. The van der Waals surface area contributed by atoms with E-state index in [-0.39, 0.29) is 16.2 Å². The number of esters is 1. The lowest BCUT2D eigenvalue weighted by molar-refractivity contribution is -0.149. The van der Waals surface area contributed by atoms with E-state index in [1.54, 1.807) is 24.3 Å². The fourth-order valence-electron chi connectivity index (χ4n) is 5.02. The molecule has 1 heterocycles. The number of aliphatic hydroxyl groups is 1. The zero-order valence-corrected chi connectivity index (χ0v) is 22.2. The van der Waals surface area contributed by atoms with E-state index in [9.17, 15) is 18.3 Å². The van der Waals surface area contributed by atoms with Crippen LogP contribution in [0.5, 0.6) is 0 Å². The third-order valence-corrected chi connectivity index (χ3v) is 8.09. The molecular formula is C30H30N2O5S. The molecule has 1 unspecified atom stereocenters. The topological polar surface area (TPSA) is 116 Å². The van der Waals surface area contributed by atoms with Crippen molar-refractivity contribution in [2.24, 2.45) is 0 Å². The van der Waals surface area contributed by atoms with Crippen molar-refractivity contribution >= 4 is 21.7 Å². The second kappa shape index (κ2) is 11.1. The molecule has 0 bridgehead atoms. The summed E-state index contributed by atoms with van der Waals surface area (Å²) in [6.07, 6.45) is 2.47. The smallest absolute Gasteiger partial charge is 0.339 e. The first-order valence-corrected chi connectivity index (χ1v) is 14.1. The molecule has 0 amide bonds. The van der Waals surface area contributed by atoms with Gasteiger partial charge in [0.05, 0.1) is 22.1 Å². The van der Waals surface area contributed by atoms with Gasteiger partial charge in [-0.3, -0.25) is 4.72 Å². The van der Waals surface area contributed by atoms with Gasteiger partial charge in [0, 0.05) is 11.6 Å². The van der Waals surface area contributed by atoms with Crippen LogP contribution in [-0.2, 0) is 19.6 Å². The Labute approximate surface area is 223 Å². The van der Waals surface area contributed by atoms with Crippen LogP contribution in [0, 0.1) is 11.3 Å². The second-order valence-electron chi connectivity index (χ2n) is 9.36. The number of benzene rings is 3. The SMILES string of the molecule is CCCC1(CCC)OC(=O)C(C(c2ccccc2)c2cccc(NS(=O)(=O)c3ccc(C#N)cc3)c2)=C1O. The molecule has 3 aromatic rings. The molecule has 2 N–H and O–H groups in total. The molecule has 0 saturated carbocycles. The number of aliphatic hydroxyl groups excluding tert-OH is 1. The predicted octanol–water partition coefficient (Wildman–Crippen LogP) is 6.20. The molecular weight excluding hydrogens is 500 g/mol. The summed E-state index contributed by atoms with van der Waals surface area (Å²) in [6.45, 7) is 3.96. The molecule has 0 radical (unpaired) electrons. The molecule has 8 heteroatoms. The third kappa shape index (κ3) is 5.29. The van der Waals surface area contributed by atoms with Gasteiger partial charge in [0.25, 0.3) is 10.0 Å². The Hall–Kier alpha value is -4.09. The van der Waals surface area contributed by atoms with Gasteiger partial charge in [-0.05, 0) is 60.4 Å². The molecule has 0 aliphatic carbocycles. The van der Waals surface area contributed by atoms with E-state index in [4.69, 9.17) is 10.00 Å². The number of hydrogen-bond acceptors (Lipinski definition) is 6. The van der Waals surface area contributed by atoms with Gasteiger partial charge in [0.15, 0.2) is 5.60 Å². The zero-order chi connectivity index (χ0) is 27.3. The summed E-state index contributed by atoms with van der Waals surface area (Å²) in [6, 6.07) is 23.7. The first-order chi connectivity index (χ1) is 18.2. The monoisotopic (exact) mass is 530 g/mol. The van der Waals surface area contributed by atoms with Gasteiger partial charge in [-0.25, -0.2) is 13.2 Å². The van der Waals surface area contributed by atoms with Crippen molar-refractivity contribution in [1.82, 2.24) is 0 Å². The summed E-state index contributed by atoms with van der Waals surface area (Å²) >= 11 is 0. The molecule has 38 heavy (non-hydrogen) atoms. The van der Waals surface area contributed by atoms with E-state index in [1.165, 1.54) is 24.3 Å². The molecule has 196 valence electrons. The van der Waals surface area contributed by atoms with Crippen LogP contribution in [0.2, 0.25) is 0 Å². The second-order valence-corrected chi connectivity index (χ2v) is 11.0. The van der Waals surface area contributed by atoms with Gasteiger partial charge in [-0.2, -0.15) is 5.26 Å². The van der Waals surface area contributed by atoms with Crippen LogP contribution >= 0.6 is 0 Å². The summed E-state index contributed by atoms with van der Waals surface area (Å²) in [7, 11) is -3.93. The maximum absolute atomic E-state index is 13.3. The standard InChI is InChI=1S/C30H30N2O5S/c1-3-17-30(18-4-2)28(33)27(29(34)37-30)26(22-9-6-5-7-10-22)23-11-8-12-24(19-23)32-38(35,36)25-15-13-21(20-31)14-16-25/h5-16,19,26,32-33H,3-4,17-18H2,1-2H3. The zero-order valence-electron chi connectivity index (χ0n) is 21.3. The highest BCUT2D eigenvalue weighted by atomic mass is 32.2. The van der Waals surface area contributed by atoms with Crippen molar-refractivity contribution in [3.63, 3.8) is 0 Å². The predicted molar refractivity (Wildman–Crippen MR) is 145 cm³/mol. The van der Waals surface area contributed by atoms with Gasteiger partial charge in [0.2, 0.25) is 0 Å². The molecule has 0 fully saturated rings. The highest BCUT2D eigenvalue weighted by Crippen LogP contribution is 2.46. The molecule has 1 aliphatic rings. The van der Waals surface area contributed by atoms with E-state index in [0.717, 1.165) is 18.4 Å². The van der Waals surface area contributed by atoms with Gasteiger partial charge in [-0.15, -0.1) is 0 Å². The van der Waals surface area contributed by atoms with E-state index < -0.39 is 27.5 Å². The highest BCUT2D eigenvalue weighted by Gasteiger charge is 2.49. The van der Waals surface area contributed by atoms with Crippen LogP contribution in [-0.4, -0.2) is 25.1 Å². The summed E-state index contributed by atoms with van der Waals surface area (Å²) in [5.41, 5.74) is 1.16. The van der Waals surface area contributed by atoms with E-state index in [2.05, 4.69) is 4.72 Å². The van der Waals surface area contributed by atoms with Crippen LogP contribution in [0.25, 0.3) is 0 Å². The van der Waals surface area contributed by atoms with Crippen molar-refractivity contribution in [3.8, 4) is 6.07 Å². The first-order valence-electron chi connectivity index (χ1n) is 12.6. The number of rotatable bonds is 10. The van der Waals surface area contributed by atoms with Crippen molar-refractivity contribution in [1.29, 1.82) is 5.26 Å². The molecule has 0 aromatic heterocycles. The molecule has 3 aromatic carbocycles. The number of sulfonamides is 1. The van der Waals surface area contributed by atoms with Gasteiger partial charge in [0.1, 0.15) is 5.76 Å². The average Bonchev–Trinajstić information content (AvgIpc) is 3.14. The Balaban J connectivity index is 1.78. The number of nitrogens with zero attached hydrogens (tertiary/aromatic N) is 1. The lowest BCUT2D eigenvalue weighted by Gasteiger charge is -2.27. The lowest BCUT2D eigenvalue weighted by Crippen LogP contribution is -2.31. The average molecular weight is 531 g/mol. The molecule has 1 atom stereocenters. The van der Waals surface area contributed by atoms with E-state index in [1.807, 2.05) is 50.2 Å². The summed E-state index contributed by atoms with van der Waals surface area (Å²) in [4.78, 5) is 13.3. The fourth-order valence-corrected chi connectivity index (χ4v) is 6.07. The number of hydrogen-bond donors (Lipinski definition) is 2. The summed E-state index contributed by atoms with van der Waals surface area (Å²) in [5, 5.41) is 20.5. The Bertz CT molecular complexity index is 1480. The Kier molecular flexibility index (Phi) is 7.88. The van der Waals surface area contributed by atoms with Gasteiger partial charge in [-0.1, -0.05) is 69.2 Å². The Morgan fingerprint density at radius 1 is 0.947 bits per heavy atom. The minimum absolute atomic E-state index is 0.0187. The number of anilines is 1. The first kappa shape index (κ1) is 27.0. The molecule has 1 aliphatic heterocycles. The number of cyclic esters (lactones) is 1. The largest absolute Gasteiger partial charge is 0.507 e. The molecule has 7 nitrogen and oxygen atoms in total. The van der Waals surface area contributed by atoms with E-state index in [0.29, 0.717) is 29.7 Å². The quantitative estimate of drug-likeness (QED) is 0.302. The number of carbonyl (C=O) groups is 1. The van der Waals surface area contributed by atoms with E-state index >= 15 is 0 Å². The Morgan fingerprint density at radius 3 is 2.18 bits per heavy atom. The lowest BCUT2D eigenvalue weighted by atomic mass is 9.81. The number of ether oxygens (including phenoxy) is 1. The third-order valence-electron chi connectivity index (χ3n) is 6.69. The maximum Gasteiger partial charge on any atom is 0.339 e. The van der Waals surface area contributed by atoms with Gasteiger partial charge >= 0.3 is 5.97 Å². The fraction of sp³-hybridized carbons (Fsp3) is 0.267. The van der Waals surface area contributed by atoms with Crippen LogP contribution < -0.4 is 4.72 Å². The molecule has 0 saturated heterocycles. The van der Waals surface area contributed by atoms with Crippen molar-refractivity contribution in [2.75, 3.05) is 4.72 Å². The van der Waals surface area contributed by atoms with Crippen molar-refractivity contribution in [3.05, 3.63) is 107 Å². The highest BCUT2D eigenvalue weighted by molar-refractivity contribution is 7.92. The van der Waals surface area contributed by atoms with Gasteiger partial charge < -0.3 is 9.84 Å². The molecule has 0 spiro atoms. The number of carbonyl (C=O) groups excluding carboxylic acids is 1. The molecule has 4 rings (SSSR count). The summed E-state index contributed by atoms with van der Waals surface area (Å²) in [5.74, 6) is -1.29. The minimum Gasteiger partial charge on any atom is -0.507 e. The van der Waals surface area contributed by atoms with Crippen LogP contribution in [0.15, 0.2) is 95.1 Å². The summed E-state index contributed by atoms with van der Waals surface area (Å²) < 4.78 is 34.5. The number of nitrogens with one attached hydrogen (secondary N) is 1. The van der Waals surface area contributed by atoms with Crippen molar-refractivity contribution < 1.29 is 23.1 Å². The van der Waals surface area contributed by atoms with Crippen LogP contribution in [0.3, 0.4) is 0 Å². The number of nitriles is 1.